The summed E-state index contributed by atoms with van der Waals surface area (Å²) in [5.74, 6) is 0.351. The summed E-state index contributed by atoms with van der Waals surface area (Å²) in [7, 11) is 1.98. The number of amides is 1. The van der Waals surface area contributed by atoms with Gasteiger partial charge in [0, 0.05) is 13.1 Å². The lowest BCUT2D eigenvalue weighted by molar-refractivity contribution is -0.121. The minimum absolute atomic E-state index is 0.0803. The van der Waals surface area contributed by atoms with Crippen LogP contribution < -0.4 is 4.90 Å². The van der Waals surface area contributed by atoms with Crippen molar-refractivity contribution in [3.63, 3.8) is 0 Å². The van der Waals surface area contributed by atoms with Gasteiger partial charge in [-0.1, -0.05) is 12.8 Å². The SMILES string of the molecule is CN(CC1CCCCC1O)C1CCN(c2sccc2C#N)C1=O. The van der Waals surface area contributed by atoms with E-state index in [2.05, 4.69) is 11.0 Å². The lowest BCUT2D eigenvalue weighted by Crippen LogP contribution is -2.44. The van der Waals surface area contributed by atoms with Gasteiger partial charge in [-0.25, -0.2) is 0 Å². The zero-order chi connectivity index (χ0) is 16.4. The maximum atomic E-state index is 12.8. The van der Waals surface area contributed by atoms with Crippen LogP contribution in [0.25, 0.3) is 0 Å². The Morgan fingerprint density at radius 1 is 1.43 bits per heavy atom. The fourth-order valence-corrected chi connectivity index (χ4v) is 4.65. The van der Waals surface area contributed by atoms with Crippen LogP contribution in [0.15, 0.2) is 11.4 Å². The van der Waals surface area contributed by atoms with E-state index in [1.54, 1.807) is 11.0 Å². The molecule has 1 saturated carbocycles. The third-order valence-electron chi connectivity index (χ3n) is 5.11. The Bertz CT molecular complexity index is 609. The molecular formula is C17H23N3O2S. The van der Waals surface area contributed by atoms with Gasteiger partial charge in [0.25, 0.3) is 0 Å². The topological polar surface area (TPSA) is 67.6 Å². The van der Waals surface area contributed by atoms with Crippen LogP contribution in [-0.4, -0.2) is 48.2 Å². The Morgan fingerprint density at radius 2 is 2.22 bits per heavy atom. The van der Waals surface area contributed by atoms with E-state index in [0.717, 1.165) is 37.2 Å². The molecule has 3 unspecified atom stereocenters. The first-order valence-corrected chi connectivity index (χ1v) is 9.17. The molecule has 5 nitrogen and oxygen atoms in total. The predicted octanol–water partition coefficient (Wildman–Crippen LogP) is 2.21. The molecule has 2 heterocycles. The molecule has 6 heteroatoms. The number of likely N-dealkylation sites (N-methyl/N-ethyl adjacent to an activating group) is 1. The molecule has 1 saturated heterocycles. The summed E-state index contributed by atoms with van der Waals surface area (Å²) in [5.41, 5.74) is 0.578. The van der Waals surface area contributed by atoms with Crippen molar-refractivity contribution in [3.05, 3.63) is 17.0 Å². The van der Waals surface area contributed by atoms with Crippen LogP contribution in [0.5, 0.6) is 0 Å². The summed E-state index contributed by atoms with van der Waals surface area (Å²) in [6.45, 7) is 1.43. The number of rotatable bonds is 4. The van der Waals surface area contributed by atoms with Crippen molar-refractivity contribution in [2.75, 3.05) is 25.0 Å². The van der Waals surface area contributed by atoms with E-state index in [9.17, 15) is 9.90 Å². The molecule has 0 aromatic carbocycles. The molecule has 23 heavy (non-hydrogen) atoms. The minimum Gasteiger partial charge on any atom is -0.393 e. The largest absolute Gasteiger partial charge is 0.393 e. The van der Waals surface area contributed by atoms with Crippen LogP contribution in [0.1, 0.15) is 37.7 Å². The van der Waals surface area contributed by atoms with E-state index >= 15 is 0 Å². The van der Waals surface area contributed by atoms with Crippen LogP contribution in [0.4, 0.5) is 5.00 Å². The molecule has 1 aliphatic carbocycles. The summed E-state index contributed by atoms with van der Waals surface area (Å²) >= 11 is 1.45. The number of thiophene rings is 1. The molecule has 1 N–H and O–H groups in total. The van der Waals surface area contributed by atoms with Gasteiger partial charge in [0.05, 0.1) is 17.7 Å². The second kappa shape index (κ2) is 7.00. The highest BCUT2D eigenvalue weighted by molar-refractivity contribution is 7.14. The van der Waals surface area contributed by atoms with E-state index in [-0.39, 0.29) is 24.0 Å². The molecule has 1 aromatic heterocycles. The predicted molar refractivity (Wildman–Crippen MR) is 90.4 cm³/mol. The molecule has 1 amide bonds. The number of hydrogen-bond acceptors (Lipinski definition) is 5. The molecule has 124 valence electrons. The number of carbonyl (C=O) groups excluding carboxylic acids is 1. The minimum atomic E-state index is -0.235. The normalized spacial score (nSPS) is 28.3. The zero-order valence-electron chi connectivity index (χ0n) is 13.4. The Morgan fingerprint density at radius 3 is 2.96 bits per heavy atom. The number of aliphatic hydroxyl groups excluding tert-OH is 1. The van der Waals surface area contributed by atoms with E-state index in [0.29, 0.717) is 12.1 Å². The van der Waals surface area contributed by atoms with Crippen molar-refractivity contribution in [2.24, 2.45) is 5.92 Å². The van der Waals surface area contributed by atoms with E-state index in [1.165, 1.54) is 17.8 Å². The van der Waals surface area contributed by atoms with E-state index in [1.807, 2.05) is 12.4 Å². The molecule has 2 aliphatic rings. The van der Waals surface area contributed by atoms with Crippen molar-refractivity contribution < 1.29 is 9.90 Å². The molecule has 0 spiro atoms. The van der Waals surface area contributed by atoms with Crippen molar-refractivity contribution in [1.82, 2.24) is 4.90 Å². The smallest absolute Gasteiger partial charge is 0.245 e. The Kier molecular flexibility index (Phi) is 5.00. The van der Waals surface area contributed by atoms with Gasteiger partial charge in [-0.15, -0.1) is 11.3 Å². The zero-order valence-corrected chi connectivity index (χ0v) is 14.3. The van der Waals surface area contributed by atoms with Gasteiger partial charge in [-0.2, -0.15) is 5.26 Å². The van der Waals surface area contributed by atoms with Gasteiger partial charge in [-0.05, 0) is 43.7 Å². The number of nitriles is 1. The summed E-state index contributed by atoms with van der Waals surface area (Å²) < 4.78 is 0. The first-order valence-electron chi connectivity index (χ1n) is 8.29. The van der Waals surface area contributed by atoms with Gasteiger partial charge in [0.15, 0.2) is 0 Å². The highest BCUT2D eigenvalue weighted by Gasteiger charge is 2.38. The van der Waals surface area contributed by atoms with Crippen molar-refractivity contribution in [2.45, 2.75) is 44.2 Å². The fraction of sp³-hybridized carbons (Fsp3) is 0.647. The van der Waals surface area contributed by atoms with Crippen LogP contribution >= 0.6 is 11.3 Å². The number of carbonyl (C=O) groups is 1. The van der Waals surface area contributed by atoms with Gasteiger partial charge in [0.2, 0.25) is 5.91 Å². The average molecular weight is 333 g/mol. The van der Waals surface area contributed by atoms with Crippen molar-refractivity contribution >= 4 is 22.2 Å². The second-order valence-corrected chi connectivity index (χ2v) is 7.49. The first kappa shape index (κ1) is 16.4. The first-order chi connectivity index (χ1) is 11.1. The quantitative estimate of drug-likeness (QED) is 0.917. The van der Waals surface area contributed by atoms with Gasteiger partial charge in [-0.3, -0.25) is 9.69 Å². The molecular weight excluding hydrogens is 310 g/mol. The molecule has 3 atom stereocenters. The van der Waals surface area contributed by atoms with E-state index in [4.69, 9.17) is 5.26 Å². The number of nitrogens with zero attached hydrogens (tertiary/aromatic N) is 3. The Labute approximate surface area is 141 Å². The Balaban J connectivity index is 1.65. The number of aliphatic hydroxyl groups is 1. The van der Waals surface area contributed by atoms with Crippen LogP contribution in [0, 0.1) is 17.2 Å². The van der Waals surface area contributed by atoms with Gasteiger partial charge >= 0.3 is 0 Å². The number of anilines is 1. The molecule has 0 radical (unpaired) electrons. The van der Waals surface area contributed by atoms with E-state index < -0.39 is 0 Å². The van der Waals surface area contributed by atoms with Crippen LogP contribution in [0.2, 0.25) is 0 Å². The Hall–Kier alpha value is -1.42. The lowest BCUT2D eigenvalue weighted by Gasteiger charge is -2.33. The molecule has 3 rings (SSSR count). The summed E-state index contributed by atoms with van der Waals surface area (Å²) in [6.07, 6.45) is 4.74. The third kappa shape index (κ3) is 3.27. The van der Waals surface area contributed by atoms with Gasteiger partial charge in [0.1, 0.15) is 11.1 Å². The number of hydrogen-bond donors (Lipinski definition) is 1. The lowest BCUT2D eigenvalue weighted by atomic mass is 9.86. The van der Waals surface area contributed by atoms with Crippen molar-refractivity contribution in [1.29, 1.82) is 5.26 Å². The molecule has 0 bridgehead atoms. The fourth-order valence-electron chi connectivity index (χ4n) is 3.77. The van der Waals surface area contributed by atoms with Gasteiger partial charge < -0.3 is 10.0 Å². The maximum absolute atomic E-state index is 12.8. The second-order valence-electron chi connectivity index (χ2n) is 6.60. The highest BCUT2D eigenvalue weighted by atomic mass is 32.1. The summed E-state index contributed by atoms with van der Waals surface area (Å²) in [6, 6.07) is 3.78. The molecule has 1 aliphatic heterocycles. The average Bonchev–Trinajstić information content (AvgIpc) is 3.15. The standard InChI is InChI=1S/C17H23N3O2S/c1-19(11-13-4-2-3-5-15(13)21)14-6-8-20(16(14)22)17-12(10-18)7-9-23-17/h7,9,13-15,21H,2-6,8,11H2,1H3. The molecule has 1 aromatic rings. The summed E-state index contributed by atoms with van der Waals surface area (Å²) in [5, 5.41) is 21.9. The van der Waals surface area contributed by atoms with Crippen LogP contribution in [-0.2, 0) is 4.79 Å². The molecule has 2 fully saturated rings. The third-order valence-corrected chi connectivity index (χ3v) is 6.05. The van der Waals surface area contributed by atoms with Crippen molar-refractivity contribution in [3.8, 4) is 6.07 Å². The maximum Gasteiger partial charge on any atom is 0.245 e. The highest BCUT2D eigenvalue weighted by Crippen LogP contribution is 2.32. The van der Waals surface area contributed by atoms with Crippen LogP contribution in [0.3, 0.4) is 0 Å². The monoisotopic (exact) mass is 333 g/mol. The summed E-state index contributed by atoms with van der Waals surface area (Å²) in [4.78, 5) is 16.6.